The molecule has 0 aliphatic rings. The molecule has 0 bridgehead atoms. The lowest BCUT2D eigenvalue weighted by molar-refractivity contribution is 0.111. The van der Waals surface area contributed by atoms with Crippen molar-refractivity contribution in [3.8, 4) is 11.5 Å². The Morgan fingerprint density at radius 3 is 2.43 bits per heavy atom. The predicted octanol–water partition coefficient (Wildman–Crippen LogP) is 1.52. The molecule has 0 saturated heterocycles. The van der Waals surface area contributed by atoms with Crippen molar-refractivity contribution in [3.63, 3.8) is 0 Å². The van der Waals surface area contributed by atoms with Crippen LogP contribution in [0.1, 0.15) is 16.2 Å². The van der Waals surface area contributed by atoms with Gasteiger partial charge < -0.3 is 0 Å². The minimum absolute atomic E-state index is 0.337. The Balaban J connectivity index is 2.87. The monoisotopic (exact) mass is 204 g/mol. The van der Waals surface area contributed by atoms with E-state index in [0.29, 0.717) is 17.7 Å². The van der Waals surface area contributed by atoms with Gasteiger partial charge >= 0.3 is 0 Å². The highest BCUT2D eigenvalue weighted by Gasteiger charge is 2.07. The number of rotatable bonds is 1. The minimum Gasteiger partial charge on any atom is -0.296 e. The maximum atomic E-state index is 10.3. The van der Waals surface area contributed by atoms with Crippen molar-refractivity contribution in [1.82, 2.24) is 9.97 Å². The summed E-state index contributed by atoms with van der Waals surface area (Å²) in [6, 6.07) is 0. The Morgan fingerprint density at radius 1 is 1.29 bits per heavy atom. The number of carbonyl (C=O) groups excluding carboxylic acids is 1. The molecule has 3 nitrogen and oxygen atoms in total. The molecule has 0 saturated carbocycles. The summed E-state index contributed by atoms with van der Waals surface area (Å²) in [6.45, 7) is 6.48. The number of aldehydes is 1. The van der Waals surface area contributed by atoms with E-state index < -0.39 is 8.07 Å². The van der Waals surface area contributed by atoms with Crippen molar-refractivity contribution >= 4 is 14.4 Å². The fourth-order valence-electron chi connectivity index (χ4n) is 0.715. The highest BCUT2D eigenvalue weighted by Crippen LogP contribution is 1.98. The van der Waals surface area contributed by atoms with Gasteiger partial charge in [-0.1, -0.05) is 25.6 Å². The summed E-state index contributed by atoms with van der Waals surface area (Å²) >= 11 is 0. The van der Waals surface area contributed by atoms with Crippen molar-refractivity contribution in [3.05, 3.63) is 23.8 Å². The third-order valence-electron chi connectivity index (χ3n) is 1.36. The van der Waals surface area contributed by atoms with Crippen LogP contribution in [0.3, 0.4) is 0 Å². The fraction of sp³-hybridized carbons (Fsp3) is 0.300. The molecule has 1 aromatic rings. The van der Waals surface area contributed by atoms with Gasteiger partial charge in [-0.05, 0) is 0 Å². The van der Waals surface area contributed by atoms with Gasteiger partial charge in [-0.25, -0.2) is 9.97 Å². The summed E-state index contributed by atoms with van der Waals surface area (Å²) < 4.78 is 0. The van der Waals surface area contributed by atoms with Crippen molar-refractivity contribution < 1.29 is 4.79 Å². The molecule has 0 spiro atoms. The predicted molar refractivity (Wildman–Crippen MR) is 57.6 cm³/mol. The maximum Gasteiger partial charge on any atom is 0.170 e. The Bertz CT molecular complexity index is 381. The fourth-order valence-corrected chi connectivity index (χ4v) is 1.22. The van der Waals surface area contributed by atoms with Crippen LogP contribution in [-0.4, -0.2) is 24.3 Å². The van der Waals surface area contributed by atoms with Gasteiger partial charge in [0.05, 0.1) is 12.4 Å². The number of carbonyl (C=O) groups is 1. The Morgan fingerprint density at radius 2 is 2.00 bits per heavy atom. The van der Waals surface area contributed by atoms with Crippen LogP contribution >= 0.6 is 0 Å². The lowest BCUT2D eigenvalue weighted by Crippen LogP contribution is -2.16. The molecule has 0 N–H and O–H groups in total. The summed E-state index contributed by atoms with van der Waals surface area (Å²) in [5.74, 6) is 2.96. The highest BCUT2D eigenvalue weighted by molar-refractivity contribution is 6.83. The molecular formula is C10H12N2OSi. The SMILES string of the molecule is C[Si](C)(C)C#Cc1cnc(C=O)cn1. The minimum atomic E-state index is -1.36. The lowest BCUT2D eigenvalue weighted by atomic mass is 10.4. The highest BCUT2D eigenvalue weighted by atomic mass is 28.3. The second-order valence-corrected chi connectivity index (χ2v) is 8.69. The standard InChI is InChI=1S/C10H12N2OSi/c1-14(2,3)5-4-9-6-12-10(8-13)7-11-9/h6-8H,1-3H3. The van der Waals surface area contributed by atoms with E-state index >= 15 is 0 Å². The largest absolute Gasteiger partial charge is 0.296 e. The molecular weight excluding hydrogens is 192 g/mol. The molecule has 1 heterocycles. The van der Waals surface area contributed by atoms with Crippen molar-refractivity contribution in [2.24, 2.45) is 0 Å². The Kier molecular flexibility index (Phi) is 3.15. The molecule has 0 fully saturated rings. The van der Waals surface area contributed by atoms with Crippen molar-refractivity contribution in [2.75, 3.05) is 0 Å². The molecule has 4 heteroatoms. The van der Waals surface area contributed by atoms with Crippen LogP contribution in [0.4, 0.5) is 0 Å². The number of hydrogen-bond acceptors (Lipinski definition) is 3. The van der Waals surface area contributed by atoms with Crippen LogP contribution in [0.5, 0.6) is 0 Å². The van der Waals surface area contributed by atoms with E-state index in [4.69, 9.17) is 0 Å². The molecule has 0 aromatic carbocycles. The smallest absolute Gasteiger partial charge is 0.170 e. The first-order chi connectivity index (χ1) is 6.51. The van der Waals surface area contributed by atoms with Crippen LogP contribution in [-0.2, 0) is 0 Å². The lowest BCUT2D eigenvalue weighted by Gasteiger charge is -2.02. The van der Waals surface area contributed by atoms with Gasteiger partial charge in [-0.3, -0.25) is 4.79 Å². The Labute approximate surface area is 84.6 Å². The molecule has 1 rings (SSSR count). The van der Waals surface area contributed by atoms with Crippen molar-refractivity contribution in [1.29, 1.82) is 0 Å². The van der Waals surface area contributed by atoms with Gasteiger partial charge in [-0.2, -0.15) is 0 Å². The normalized spacial score (nSPS) is 10.2. The third kappa shape index (κ3) is 3.50. The summed E-state index contributed by atoms with van der Waals surface area (Å²) in [5, 5.41) is 0. The molecule has 0 atom stereocenters. The van der Waals surface area contributed by atoms with E-state index in [0.717, 1.165) is 0 Å². The molecule has 0 unspecified atom stereocenters. The van der Waals surface area contributed by atoms with Gasteiger partial charge in [0.15, 0.2) is 6.29 Å². The van der Waals surface area contributed by atoms with Crippen LogP contribution in [0.15, 0.2) is 12.4 Å². The first kappa shape index (κ1) is 10.6. The first-order valence-corrected chi connectivity index (χ1v) is 7.82. The second-order valence-electron chi connectivity index (χ2n) is 3.94. The molecule has 1 aromatic heterocycles. The molecule has 0 amide bonds. The Hall–Kier alpha value is -1.47. The molecule has 0 aliphatic carbocycles. The summed E-state index contributed by atoms with van der Waals surface area (Å²) in [5.41, 5.74) is 4.13. The second kappa shape index (κ2) is 4.16. The number of nitrogens with zero attached hydrogens (tertiary/aromatic N) is 2. The van der Waals surface area contributed by atoms with E-state index in [2.05, 4.69) is 41.1 Å². The molecule has 0 aliphatic heterocycles. The quantitative estimate of drug-likeness (QED) is 0.396. The average Bonchev–Trinajstić information content (AvgIpc) is 2.14. The number of hydrogen-bond donors (Lipinski definition) is 0. The summed E-state index contributed by atoms with van der Waals surface area (Å²) in [7, 11) is -1.36. The zero-order chi connectivity index (χ0) is 10.6. The van der Waals surface area contributed by atoms with E-state index in [1.165, 1.54) is 12.4 Å². The average molecular weight is 204 g/mol. The van der Waals surface area contributed by atoms with Gasteiger partial charge in [0, 0.05) is 0 Å². The third-order valence-corrected chi connectivity index (χ3v) is 2.23. The zero-order valence-electron chi connectivity index (χ0n) is 8.53. The van der Waals surface area contributed by atoms with Gasteiger partial charge in [0.1, 0.15) is 19.5 Å². The summed E-state index contributed by atoms with van der Waals surface area (Å²) in [4.78, 5) is 18.2. The number of aromatic nitrogens is 2. The van der Waals surface area contributed by atoms with Gasteiger partial charge in [0.25, 0.3) is 0 Å². The van der Waals surface area contributed by atoms with Crippen LogP contribution in [0, 0.1) is 11.5 Å². The molecule has 14 heavy (non-hydrogen) atoms. The van der Waals surface area contributed by atoms with Crippen molar-refractivity contribution in [2.45, 2.75) is 19.6 Å². The van der Waals surface area contributed by atoms with E-state index in [1.807, 2.05) is 0 Å². The summed E-state index contributed by atoms with van der Waals surface area (Å²) in [6.07, 6.45) is 3.63. The zero-order valence-corrected chi connectivity index (χ0v) is 9.53. The van der Waals surface area contributed by atoms with Crippen LogP contribution < -0.4 is 0 Å². The van der Waals surface area contributed by atoms with E-state index in [9.17, 15) is 4.79 Å². The first-order valence-electron chi connectivity index (χ1n) is 4.32. The molecule has 0 radical (unpaired) electrons. The molecule has 72 valence electrons. The van der Waals surface area contributed by atoms with Crippen LogP contribution in [0.2, 0.25) is 19.6 Å². The van der Waals surface area contributed by atoms with Gasteiger partial charge in [-0.15, -0.1) is 5.54 Å². The van der Waals surface area contributed by atoms with Gasteiger partial charge in [0.2, 0.25) is 0 Å². The maximum absolute atomic E-state index is 10.3. The van der Waals surface area contributed by atoms with Crippen LogP contribution in [0.25, 0.3) is 0 Å². The van der Waals surface area contributed by atoms with E-state index in [1.54, 1.807) is 0 Å². The van der Waals surface area contributed by atoms with E-state index in [-0.39, 0.29) is 0 Å². The topological polar surface area (TPSA) is 42.9 Å².